The highest BCUT2D eigenvalue weighted by Crippen LogP contribution is 2.34. The summed E-state index contributed by atoms with van der Waals surface area (Å²) in [6.07, 6.45) is 2.77. The van der Waals surface area contributed by atoms with Crippen LogP contribution < -0.4 is 5.73 Å². The molecule has 1 atom stereocenters. The quantitative estimate of drug-likeness (QED) is 0.869. The molecule has 0 bridgehead atoms. The van der Waals surface area contributed by atoms with Gasteiger partial charge in [-0.2, -0.15) is 0 Å². The summed E-state index contributed by atoms with van der Waals surface area (Å²) in [5.41, 5.74) is 7.49. The normalized spacial score (nSPS) is 16.8. The van der Waals surface area contributed by atoms with Crippen LogP contribution in [0.15, 0.2) is 42.5 Å². The molecule has 2 N–H and O–H groups in total. The molecule has 2 heteroatoms. The van der Waals surface area contributed by atoms with E-state index in [-0.39, 0.29) is 0 Å². The molecule has 0 aliphatic heterocycles. The maximum absolute atomic E-state index is 6.14. The second-order valence-electron chi connectivity index (χ2n) is 6.59. The monoisotopic (exact) mass is 282 g/mol. The number of fused-ring (bicyclic) bond motifs is 1. The van der Waals surface area contributed by atoms with E-state index in [9.17, 15) is 0 Å². The summed E-state index contributed by atoms with van der Waals surface area (Å²) in [6.45, 7) is 6.44. The van der Waals surface area contributed by atoms with Gasteiger partial charge in [0.2, 0.25) is 0 Å². The third-order valence-electron chi connectivity index (χ3n) is 4.61. The highest BCUT2D eigenvalue weighted by molar-refractivity contribution is 5.83. The first kappa shape index (κ1) is 14.6. The molecule has 0 heterocycles. The minimum atomic E-state index is 0.329. The molecular weight excluding hydrogens is 256 g/mol. The van der Waals surface area contributed by atoms with Crippen molar-refractivity contribution in [1.29, 1.82) is 0 Å². The lowest BCUT2D eigenvalue weighted by Gasteiger charge is -2.35. The minimum absolute atomic E-state index is 0.329. The van der Waals surface area contributed by atoms with E-state index in [0.29, 0.717) is 18.6 Å². The van der Waals surface area contributed by atoms with Crippen molar-refractivity contribution < 1.29 is 0 Å². The van der Waals surface area contributed by atoms with Crippen LogP contribution in [-0.4, -0.2) is 24.0 Å². The molecule has 1 aliphatic carbocycles. The zero-order chi connectivity index (χ0) is 14.8. The second-order valence-corrected chi connectivity index (χ2v) is 6.59. The Bertz CT molecular complexity index is 601. The van der Waals surface area contributed by atoms with Gasteiger partial charge < -0.3 is 5.73 Å². The van der Waals surface area contributed by atoms with E-state index >= 15 is 0 Å². The average molecular weight is 282 g/mol. The lowest BCUT2D eigenvalue weighted by molar-refractivity contribution is 0.150. The van der Waals surface area contributed by atoms with Gasteiger partial charge in [-0.1, -0.05) is 36.4 Å². The van der Waals surface area contributed by atoms with E-state index < -0.39 is 0 Å². The first-order valence-electron chi connectivity index (χ1n) is 8.13. The van der Waals surface area contributed by atoms with Gasteiger partial charge in [-0.05, 0) is 55.0 Å². The Morgan fingerprint density at radius 2 is 1.81 bits per heavy atom. The van der Waals surface area contributed by atoms with Gasteiger partial charge in [0.15, 0.2) is 0 Å². The Labute approximate surface area is 127 Å². The van der Waals surface area contributed by atoms with Crippen molar-refractivity contribution in [2.45, 2.75) is 38.8 Å². The van der Waals surface area contributed by atoms with Crippen molar-refractivity contribution in [2.24, 2.45) is 11.7 Å². The zero-order valence-electron chi connectivity index (χ0n) is 13.1. The predicted molar refractivity (Wildman–Crippen MR) is 90.3 cm³/mol. The number of benzene rings is 2. The minimum Gasteiger partial charge on any atom is -0.329 e. The molecule has 112 valence electrons. The molecule has 21 heavy (non-hydrogen) atoms. The lowest BCUT2D eigenvalue weighted by atomic mass is 9.99. The molecular formula is C19H26N2. The van der Waals surface area contributed by atoms with Gasteiger partial charge in [0, 0.05) is 25.2 Å². The summed E-state index contributed by atoms with van der Waals surface area (Å²) in [7, 11) is 0. The maximum Gasteiger partial charge on any atom is 0.0473 e. The van der Waals surface area contributed by atoms with E-state index in [4.69, 9.17) is 5.73 Å². The van der Waals surface area contributed by atoms with Crippen LogP contribution in [-0.2, 0) is 0 Å². The molecule has 2 aromatic rings. The van der Waals surface area contributed by atoms with Crippen LogP contribution in [0.5, 0.6) is 0 Å². The van der Waals surface area contributed by atoms with Gasteiger partial charge in [-0.3, -0.25) is 4.90 Å². The first-order valence-corrected chi connectivity index (χ1v) is 8.13. The summed E-state index contributed by atoms with van der Waals surface area (Å²) in [4.78, 5) is 2.59. The summed E-state index contributed by atoms with van der Waals surface area (Å²) in [5, 5.41) is 2.61. The fraction of sp³-hybridized carbons (Fsp3) is 0.474. The molecule has 0 saturated heterocycles. The molecule has 1 fully saturated rings. The first-order chi connectivity index (χ1) is 10.2. The number of hydrogen-bond acceptors (Lipinski definition) is 2. The van der Waals surface area contributed by atoms with Crippen LogP contribution in [0.2, 0.25) is 0 Å². The summed E-state index contributed by atoms with van der Waals surface area (Å²) >= 11 is 0. The van der Waals surface area contributed by atoms with Crippen LogP contribution in [0.4, 0.5) is 0 Å². The van der Waals surface area contributed by atoms with Crippen molar-refractivity contribution in [1.82, 2.24) is 4.90 Å². The van der Waals surface area contributed by atoms with Crippen LogP contribution in [0.3, 0.4) is 0 Å². The Morgan fingerprint density at radius 1 is 1.10 bits per heavy atom. The van der Waals surface area contributed by atoms with Crippen molar-refractivity contribution >= 4 is 10.8 Å². The van der Waals surface area contributed by atoms with E-state index in [2.05, 4.69) is 61.2 Å². The molecule has 3 rings (SSSR count). The van der Waals surface area contributed by atoms with Gasteiger partial charge in [0.05, 0.1) is 0 Å². The number of rotatable bonds is 6. The van der Waals surface area contributed by atoms with E-state index in [1.807, 2.05) is 0 Å². The van der Waals surface area contributed by atoms with E-state index in [1.165, 1.54) is 35.7 Å². The molecule has 1 unspecified atom stereocenters. The number of nitrogens with zero attached hydrogens (tertiary/aromatic N) is 1. The SMILES string of the molecule is CC(C)N(CC1CC1)C(CN)c1ccc2ccccc2c1. The molecule has 0 radical (unpaired) electrons. The molecule has 0 aromatic heterocycles. The highest BCUT2D eigenvalue weighted by Gasteiger charge is 2.29. The molecule has 2 nitrogen and oxygen atoms in total. The Kier molecular flexibility index (Phi) is 4.27. The largest absolute Gasteiger partial charge is 0.329 e. The van der Waals surface area contributed by atoms with Crippen LogP contribution in [0.25, 0.3) is 10.8 Å². The molecule has 2 aromatic carbocycles. The van der Waals surface area contributed by atoms with Gasteiger partial charge in [-0.25, -0.2) is 0 Å². The molecule has 1 aliphatic rings. The maximum atomic E-state index is 6.14. The van der Waals surface area contributed by atoms with Gasteiger partial charge >= 0.3 is 0 Å². The summed E-state index contributed by atoms with van der Waals surface area (Å²) in [6, 6.07) is 16.2. The van der Waals surface area contributed by atoms with Crippen molar-refractivity contribution in [3.05, 3.63) is 48.0 Å². The Morgan fingerprint density at radius 3 is 2.43 bits per heavy atom. The summed E-state index contributed by atoms with van der Waals surface area (Å²) in [5.74, 6) is 0.891. The average Bonchev–Trinajstić information content (AvgIpc) is 3.31. The van der Waals surface area contributed by atoms with Gasteiger partial charge in [0.1, 0.15) is 0 Å². The predicted octanol–water partition coefficient (Wildman–Crippen LogP) is 3.96. The Hall–Kier alpha value is -1.38. The Balaban J connectivity index is 1.91. The standard InChI is InChI=1S/C19H26N2/c1-14(2)21(13-15-7-8-15)19(12-20)18-10-9-16-5-3-4-6-17(16)11-18/h3-6,9-11,14-15,19H,7-8,12-13,20H2,1-2H3. The number of hydrogen-bond donors (Lipinski definition) is 1. The zero-order valence-corrected chi connectivity index (χ0v) is 13.1. The third-order valence-corrected chi connectivity index (χ3v) is 4.61. The van der Waals surface area contributed by atoms with E-state index in [1.54, 1.807) is 0 Å². The summed E-state index contributed by atoms with van der Waals surface area (Å²) < 4.78 is 0. The van der Waals surface area contributed by atoms with Crippen LogP contribution >= 0.6 is 0 Å². The molecule has 1 saturated carbocycles. The van der Waals surface area contributed by atoms with Crippen LogP contribution in [0.1, 0.15) is 38.3 Å². The fourth-order valence-corrected chi connectivity index (χ4v) is 3.17. The van der Waals surface area contributed by atoms with Crippen molar-refractivity contribution in [3.63, 3.8) is 0 Å². The van der Waals surface area contributed by atoms with Crippen LogP contribution in [0, 0.1) is 5.92 Å². The van der Waals surface area contributed by atoms with E-state index in [0.717, 1.165) is 5.92 Å². The highest BCUT2D eigenvalue weighted by atomic mass is 15.2. The third kappa shape index (κ3) is 3.28. The lowest BCUT2D eigenvalue weighted by Crippen LogP contribution is -2.40. The molecule has 0 spiro atoms. The van der Waals surface area contributed by atoms with Crippen molar-refractivity contribution in [2.75, 3.05) is 13.1 Å². The smallest absolute Gasteiger partial charge is 0.0473 e. The second kappa shape index (κ2) is 6.17. The molecule has 0 amide bonds. The van der Waals surface area contributed by atoms with Gasteiger partial charge in [-0.15, -0.1) is 0 Å². The van der Waals surface area contributed by atoms with Crippen molar-refractivity contribution in [3.8, 4) is 0 Å². The van der Waals surface area contributed by atoms with Gasteiger partial charge in [0.25, 0.3) is 0 Å². The fourth-order valence-electron chi connectivity index (χ4n) is 3.17. The topological polar surface area (TPSA) is 29.3 Å². The number of nitrogens with two attached hydrogens (primary N) is 1.